The fraction of sp³-hybridized carbons (Fsp3) is 0.600. The molecule has 0 bridgehead atoms. The molecule has 1 amide bonds. The molecule has 1 fully saturated rings. The van der Waals surface area contributed by atoms with Crippen molar-refractivity contribution in [3.05, 3.63) is 35.4 Å². The Bertz CT molecular complexity index is 688. The topological polar surface area (TPSA) is 60.0 Å². The van der Waals surface area contributed by atoms with Crippen LogP contribution in [-0.4, -0.2) is 68.5 Å². The fourth-order valence-electron chi connectivity index (χ4n) is 3.40. The number of guanidine groups is 1. The summed E-state index contributed by atoms with van der Waals surface area (Å²) in [7, 11) is 5.21. The summed E-state index contributed by atoms with van der Waals surface area (Å²) in [5, 5.41) is 6.46. The number of nitrogens with zero attached hydrogens (tertiary/aromatic N) is 3. The second-order valence-electron chi connectivity index (χ2n) is 7.64. The average Bonchev–Trinajstić information content (AvgIpc) is 3.10. The van der Waals surface area contributed by atoms with Gasteiger partial charge in [0.15, 0.2) is 5.96 Å². The van der Waals surface area contributed by atoms with Gasteiger partial charge in [0.25, 0.3) is 0 Å². The Labute approximate surface area is 166 Å². The van der Waals surface area contributed by atoms with E-state index in [1.54, 1.807) is 26.0 Å². The number of hydrogen-bond donors (Lipinski definition) is 2. The minimum atomic E-state index is -0.568. The van der Waals surface area contributed by atoms with Crippen molar-refractivity contribution in [1.82, 2.24) is 20.4 Å². The maximum absolute atomic E-state index is 14.2. The number of hydrogen-bond acceptors (Lipinski definition) is 3. The van der Waals surface area contributed by atoms with Crippen molar-refractivity contribution in [2.75, 3.05) is 40.8 Å². The van der Waals surface area contributed by atoms with Crippen molar-refractivity contribution in [3.8, 4) is 0 Å². The van der Waals surface area contributed by atoms with Crippen LogP contribution in [0.15, 0.2) is 23.2 Å². The molecular formula is C20H31F2N5O. The molecule has 156 valence electrons. The van der Waals surface area contributed by atoms with Gasteiger partial charge in [0.2, 0.25) is 5.91 Å². The van der Waals surface area contributed by atoms with E-state index in [0.717, 1.165) is 6.42 Å². The summed E-state index contributed by atoms with van der Waals surface area (Å²) in [4.78, 5) is 20.0. The quantitative estimate of drug-likeness (QED) is 0.571. The van der Waals surface area contributed by atoms with E-state index in [1.807, 2.05) is 18.7 Å². The van der Waals surface area contributed by atoms with E-state index >= 15 is 0 Å². The van der Waals surface area contributed by atoms with Gasteiger partial charge in [0.05, 0.1) is 6.04 Å². The minimum Gasteiger partial charge on any atom is -0.354 e. The van der Waals surface area contributed by atoms with Crippen LogP contribution in [0.25, 0.3) is 0 Å². The third kappa shape index (κ3) is 5.41. The maximum Gasteiger partial charge on any atom is 0.225 e. The highest BCUT2D eigenvalue weighted by molar-refractivity contribution is 5.81. The number of rotatable bonds is 6. The summed E-state index contributed by atoms with van der Waals surface area (Å²) >= 11 is 0. The van der Waals surface area contributed by atoms with Gasteiger partial charge in [-0.15, -0.1) is 0 Å². The van der Waals surface area contributed by atoms with Crippen LogP contribution in [0.5, 0.6) is 0 Å². The molecular weight excluding hydrogens is 364 g/mol. The molecule has 8 heteroatoms. The Morgan fingerprint density at radius 2 is 1.96 bits per heavy atom. The zero-order valence-corrected chi connectivity index (χ0v) is 17.3. The van der Waals surface area contributed by atoms with Crippen LogP contribution in [0.3, 0.4) is 0 Å². The Hall–Kier alpha value is -2.22. The molecule has 1 saturated heterocycles. The van der Waals surface area contributed by atoms with Crippen molar-refractivity contribution >= 4 is 11.9 Å². The summed E-state index contributed by atoms with van der Waals surface area (Å²) in [6.07, 6.45) is 0.832. The summed E-state index contributed by atoms with van der Waals surface area (Å²) in [6, 6.07) is 3.49. The number of amides is 1. The third-order valence-corrected chi connectivity index (χ3v) is 4.98. The zero-order chi connectivity index (χ0) is 20.8. The van der Waals surface area contributed by atoms with Gasteiger partial charge in [-0.05, 0) is 32.6 Å². The fourth-order valence-corrected chi connectivity index (χ4v) is 3.40. The Morgan fingerprint density at radius 1 is 1.32 bits per heavy atom. The van der Waals surface area contributed by atoms with E-state index < -0.39 is 17.7 Å². The first-order chi connectivity index (χ1) is 13.2. The van der Waals surface area contributed by atoms with Crippen molar-refractivity contribution in [2.45, 2.75) is 32.4 Å². The summed E-state index contributed by atoms with van der Waals surface area (Å²) in [6.45, 7) is 5.41. The molecule has 1 heterocycles. The molecule has 1 aliphatic heterocycles. The number of carbonyl (C=O) groups excluding carboxylic acids is 1. The Kier molecular flexibility index (Phi) is 7.74. The number of aliphatic imine (C=N–C) groups is 1. The van der Waals surface area contributed by atoms with Crippen LogP contribution in [0.2, 0.25) is 0 Å². The van der Waals surface area contributed by atoms with E-state index in [9.17, 15) is 13.6 Å². The van der Waals surface area contributed by atoms with Crippen LogP contribution in [0.4, 0.5) is 8.78 Å². The number of halogens is 2. The van der Waals surface area contributed by atoms with E-state index in [2.05, 4.69) is 15.6 Å². The molecule has 2 N–H and O–H groups in total. The lowest BCUT2D eigenvalue weighted by atomic mass is 10.0. The van der Waals surface area contributed by atoms with Gasteiger partial charge in [-0.25, -0.2) is 8.78 Å². The molecule has 0 radical (unpaired) electrons. The molecule has 2 atom stereocenters. The number of nitrogens with one attached hydrogen (secondary N) is 2. The molecule has 1 aromatic rings. The number of likely N-dealkylation sites (N-methyl/N-ethyl adjacent to an activating group) is 1. The normalized spacial score (nSPS) is 18.7. The van der Waals surface area contributed by atoms with Gasteiger partial charge in [-0.2, -0.15) is 0 Å². The molecule has 1 aromatic carbocycles. The van der Waals surface area contributed by atoms with Crippen molar-refractivity contribution < 1.29 is 13.6 Å². The molecule has 0 aromatic heterocycles. The van der Waals surface area contributed by atoms with Crippen LogP contribution in [0, 0.1) is 17.6 Å². The van der Waals surface area contributed by atoms with E-state index in [4.69, 9.17) is 0 Å². The smallest absolute Gasteiger partial charge is 0.225 e. The first kappa shape index (κ1) is 22.1. The second kappa shape index (κ2) is 9.82. The first-order valence-corrected chi connectivity index (χ1v) is 9.60. The molecule has 2 unspecified atom stereocenters. The summed E-state index contributed by atoms with van der Waals surface area (Å²) in [5.74, 6) is -0.459. The number of benzene rings is 1. The largest absolute Gasteiger partial charge is 0.354 e. The van der Waals surface area contributed by atoms with Crippen LogP contribution >= 0.6 is 0 Å². The lowest BCUT2D eigenvalue weighted by Crippen LogP contribution is -2.47. The number of carbonyl (C=O) groups is 1. The van der Waals surface area contributed by atoms with Gasteiger partial charge in [0.1, 0.15) is 11.6 Å². The van der Waals surface area contributed by atoms with Crippen molar-refractivity contribution in [2.24, 2.45) is 10.9 Å². The molecule has 0 aliphatic carbocycles. The highest BCUT2D eigenvalue weighted by Gasteiger charge is 2.28. The lowest BCUT2D eigenvalue weighted by Gasteiger charge is -2.27. The second-order valence-corrected chi connectivity index (χ2v) is 7.64. The van der Waals surface area contributed by atoms with Gasteiger partial charge in [-0.1, -0.05) is 19.9 Å². The summed E-state index contributed by atoms with van der Waals surface area (Å²) in [5.41, 5.74) is 0.0324. The predicted molar refractivity (Wildman–Crippen MR) is 107 cm³/mol. The highest BCUT2D eigenvalue weighted by Crippen LogP contribution is 2.24. The Balaban J connectivity index is 1.98. The van der Waals surface area contributed by atoms with E-state index in [1.165, 1.54) is 18.2 Å². The molecule has 0 saturated carbocycles. The monoisotopic (exact) mass is 395 g/mol. The standard InChI is InChI=1S/C20H31F2N5O/c1-13(2)19(28)27-10-9-14(12-27)25-20(23-3)24-11-17(26(4)5)18-15(21)7-6-8-16(18)22/h6-8,13-14,17H,9-12H2,1-5H3,(H2,23,24,25). The SMILES string of the molecule is CN=C(NCC(c1c(F)cccc1F)N(C)C)NC1CCN(C(=O)C(C)C)C1. The van der Waals surface area contributed by atoms with Gasteiger partial charge in [-0.3, -0.25) is 9.79 Å². The Morgan fingerprint density at radius 3 is 2.50 bits per heavy atom. The van der Waals surface area contributed by atoms with E-state index in [0.29, 0.717) is 19.0 Å². The van der Waals surface area contributed by atoms with Gasteiger partial charge >= 0.3 is 0 Å². The molecule has 1 aliphatic rings. The molecule has 28 heavy (non-hydrogen) atoms. The molecule has 2 rings (SSSR count). The van der Waals surface area contributed by atoms with E-state index in [-0.39, 0.29) is 30.0 Å². The average molecular weight is 395 g/mol. The van der Waals surface area contributed by atoms with Crippen molar-refractivity contribution in [3.63, 3.8) is 0 Å². The minimum absolute atomic E-state index is 0.0206. The zero-order valence-electron chi connectivity index (χ0n) is 17.3. The molecule has 6 nitrogen and oxygen atoms in total. The predicted octanol–water partition coefficient (Wildman–Crippen LogP) is 1.99. The van der Waals surface area contributed by atoms with Crippen LogP contribution in [0.1, 0.15) is 31.9 Å². The maximum atomic E-state index is 14.2. The number of likely N-dealkylation sites (tertiary alicyclic amines) is 1. The van der Waals surface area contributed by atoms with Gasteiger partial charge < -0.3 is 20.4 Å². The highest BCUT2D eigenvalue weighted by atomic mass is 19.1. The lowest BCUT2D eigenvalue weighted by molar-refractivity contribution is -0.133. The van der Waals surface area contributed by atoms with Crippen molar-refractivity contribution in [1.29, 1.82) is 0 Å². The molecule has 0 spiro atoms. The van der Waals surface area contributed by atoms with Crippen LogP contribution in [-0.2, 0) is 4.79 Å². The van der Waals surface area contributed by atoms with Crippen LogP contribution < -0.4 is 10.6 Å². The first-order valence-electron chi connectivity index (χ1n) is 9.60. The summed E-state index contributed by atoms with van der Waals surface area (Å²) < 4.78 is 28.4. The third-order valence-electron chi connectivity index (χ3n) is 4.98. The van der Waals surface area contributed by atoms with Gasteiger partial charge in [0, 0.05) is 44.2 Å².